The monoisotopic (exact) mass is 261 g/mol. The highest BCUT2D eigenvalue weighted by atomic mass is 16.1. The number of benzene rings is 2. The number of rotatable bonds is 1. The van der Waals surface area contributed by atoms with Gasteiger partial charge in [-0.05, 0) is 18.2 Å². The molecule has 20 heavy (non-hydrogen) atoms. The molecule has 0 radical (unpaired) electrons. The third-order valence-electron chi connectivity index (χ3n) is 3.25. The molecule has 0 aliphatic heterocycles. The van der Waals surface area contributed by atoms with Crippen molar-refractivity contribution in [2.75, 3.05) is 5.73 Å². The molecule has 0 saturated heterocycles. The first kappa shape index (κ1) is 12.0. The largest absolute Gasteiger partial charge is 0.397 e. The number of hydrogen-bond donors (Lipinski definition) is 1. The van der Waals surface area contributed by atoms with Gasteiger partial charge in [0.05, 0.1) is 11.2 Å². The topological polar surface area (TPSA) is 71.8 Å². The first-order chi connectivity index (χ1) is 9.74. The number of pyridine rings is 1. The van der Waals surface area contributed by atoms with E-state index in [0.29, 0.717) is 16.6 Å². The van der Waals surface area contributed by atoms with Gasteiger partial charge in [-0.25, -0.2) is 0 Å². The van der Waals surface area contributed by atoms with Crippen LogP contribution >= 0.6 is 0 Å². The molecule has 0 spiro atoms. The highest BCUT2D eigenvalue weighted by Crippen LogP contribution is 2.23. The van der Waals surface area contributed by atoms with Crippen molar-refractivity contribution in [3.63, 3.8) is 0 Å². The molecule has 1 heterocycles. The summed E-state index contributed by atoms with van der Waals surface area (Å²) in [7, 11) is 0. The number of aromatic nitrogens is 1. The zero-order valence-corrected chi connectivity index (χ0v) is 10.6. The number of fused-ring (bicyclic) bond motifs is 1. The number of para-hydroxylation sites is 2. The van der Waals surface area contributed by atoms with Gasteiger partial charge in [0.2, 0.25) is 0 Å². The van der Waals surface area contributed by atoms with Crippen molar-refractivity contribution in [1.82, 2.24) is 4.57 Å². The summed E-state index contributed by atoms with van der Waals surface area (Å²) in [4.78, 5) is 12.5. The second-order valence-corrected chi connectivity index (χ2v) is 4.39. The highest BCUT2D eigenvalue weighted by molar-refractivity contribution is 5.93. The third-order valence-corrected chi connectivity index (χ3v) is 3.25. The molecule has 4 nitrogen and oxygen atoms in total. The van der Waals surface area contributed by atoms with E-state index in [1.54, 1.807) is 0 Å². The lowest BCUT2D eigenvalue weighted by Crippen LogP contribution is -2.23. The Morgan fingerprint density at radius 3 is 2.35 bits per heavy atom. The molecule has 3 rings (SSSR count). The summed E-state index contributed by atoms with van der Waals surface area (Å²) in [6.45, 7) is 0. The third kappa shape index (κ3) is 1.65. The summed E-state index contributed by atoms with van der Waals surface area (Å²) in [6, 6.07) is 18.4. The fraction of sp³-hybridized carbons (Fsp3) is 0. The summed E-state index contributed by atoms with van der Waals surface area (Å²) in [5, 5.41) is 9.89. The van der Waals surface area contributed by atoms with Crippen LogP contribution in [0.2, 0.25) is 0 Å². The number of nitrogens with zero attached hydrogens (tertiary/aromatic N) is 2. The van der Waals surface area contributed by atoms with E-state index in [0.717, 1.165) is 0 Å². The predicted molar refractivity (Wildman–Crippen MR) is 78.7 cm³/mol. The van der Waals surface area contributed by atoms with E-state index in [9.17, 15) is 10.1 Å². The van der Waals surface area contributed by atoms with Crippen LogP contribution < -0.4 is 11.3 Å². The summed E-state index contributed by atoms with van der Waals surface area (Å²) >= 11 is 0. The van der Waals surface area contributed by atoms with Gasteiger partial charge in [-0.1, -0.05) is 36.4 Å². The zero-order valence-electron chi connectivity index (χ0n) is 10.6. The molecular weight excluding hydrogens is 250 g/mol. The summed E-state index contributed by atoms with van der Waals surface area (Å²) < 4.78 is 1.52. The van der Waals surface area contributed by atoms with Crippen LogP contribution in [0, 0.1) is 11.3 Å². The maximum Gasteiger partial charge on any atom is 0.275 e. The number of nitriles is 1. The molecule has 0 aliphatic carbocycles. The quantitative estimate of drug-likeness (QED) is 0.731. The average Bonchev–Trinajstić information content (AvgIpc) is 2.49. The molecule has 0 amide bonds. The van der Waals surface area contributed by atoms with Crippen LogP contribution in [0.1, 0.15) is 5.56 Å². The first-order valence-corrected chi connectivity index (χ1v) is 6.13. The summed E-state index contributed by atoms with van der Waals surface area (Å²) in [5.41, 5.74) is 7.17. The Bertz CT molecular complexity index is 889. The van der Waals surface area contributed by atoms with Crippen LogP contribution in [0.5, 0.6) is 0 Å². The predicted octanol–water partition coefficient (Wildman–Crippen LogP) is 2.44. The lowest BCUT2D eigenvalue weighted by atomic mass is 10.1. The molecule has 0 fully saturated rings. The van der Waals surface area contributed by atoms with Gasteiger partial charge in [0.25, 0.3) is 5.56 Å². The Balaban J connectivity index is 2.55. The van der Waals surface area contributed by atoms with Crippen molar-refractivity contribution in [3.8, 4) is 11.8 Å². The number of nitrogen functional groups attached to an aromatic ring is 1. The highest BCUT2D eigenvalue weighted by Gasteiger charge is 2.14. The van der Waals surface area contributed by atoms with E-state index in [4.69, 9.17) is 5.73 Å². The van der Waals surface area contributed by atoms with Gasteiger partial charge >= 0.3 is 0 Å². The lowest BCUT2D eigenvalue weighted by molar-refractivity contribution is 1.04. The SMILES string of the molecule is N#Cc1c(N)c2ccccc2n(-c2ccccc2)c1=O. The van der Waals surface area contributed by atoms with Gasteiger partial charge in [-0.15, -0.1) is 0 Å². The Morgan fingerprint density at radius 1 is 1.00 bits per heavy atom. The van der Waals surface area contributed by atoms with Gasteiger partial charge in [-0.3, -0.25) is 9.36 Å². The van der Waals surface area contributed by atoms with Crippen molar-refractivity contribution in [3.05, 3.63) is 70.5 Å². The normalized spacial score (nSPS) is 10.3. The number of hydrogen-bond acceptors (Lipinski definition) is 3. The lowest BCUT2D eigenvalue weighted by Gasteiger charge is -2.13. The molecule has 4 heteroatoms. The second kappa shape index (κ2) is 4.56. The molecule has 3 aromatic rings. The van der Waals surface area contributed by atoms with E-state index in [1.165, 1.54) is 4.57 Å². The van der Waals surface area contributed by atoms with Crippen molar-refractivity contribution < 1.29 is 0 Å². The second-order valence-electron chi connectivity index (χ2n) is 4.39. The van der Waals surface area contributed by atoms with Crippen molar-refractivity contribution in [2.24, 2.45) is 0 Å². The molecule has 1 aromatic heterocycles. The van der Waals surface area contributed by atoms with E-state index in [2.05, 4.69) is 0 Å². The summed E-state index contributed by atoms with van der Waals surface area (Å²) in [5.74, 6) is 0. The van der Waals surface area contributed by atoms with E-state index in [1.807, 2.05) is 60.7 Å². The molecule has 2 aromatic carbocycles. The Kier molecular flexibility index (Phi) is 2.73. The maximum absolute atomic E-state index is 12.5. The maximum atomic E-state index is 12.5. The summed E-state index contributed by atoms with van der Waals surface area (Å²) in [6.07, 6.45) is 0. The fourth-order valence-corrected chi connectivity index (χ4v) is 2.31. The molecule has 0 atom stereocenters. The van der Waals surface area contributed by atoms with Gasteiger partial charge < -0.3 is 5.73 Å². The number of anilines is 1. The Labute approximate surface area is 115 Å². The smallest absolute Gasteiger partial charge is 0.275 e. The minimum absolute atomic E-state index is 0.0208. The molecule has 2 N–H and O–H groups in total. The van der Waals surface area contributed by atoms with Crippen molar-refractivity contribution in [2.45, 2.75) is 0 Å². The van der Waals surface area contributed by atoms with Crippen molar-refractivity contribution in [1.29, 1.82) is 5.26 Å². The molecule has 96 valence electrons. The molecular formula is C16H11N3O. The minimum atomic E-state index is -0.394. The molecule has 0 aliphatic rings. The standard InChI is InChI=1S/C16H11N3O/c17-10-13-15(18)12-8-4-5-9-14(12)19(16(13)20)11-6-2-1-3-7-11/h1-9H,18H2. The van der Waals surface area contributed by atoms with Crippen LogP contribution in [0.4, 0.5) is 5.69 Å². The number of nitrogens with two attached hydrogens (primary N) is 1. The van der Waals surface area contributed by atoms with Crippen LogP contribution in [-0.4, -0.2) is 4.57 Å². The van der Waals surface area contributed by atoms with E-state index < -0.39 is 5.56 Å². The Morgan fingerprint density at radius 2 is 1.65 bits per heavy atom. The van der Waals surface area contributed by atoms with E-state index >= 15 is 0 Å². The van der Waals surface area contributed by atoms with E-state index in [-0.39, 0.29) is 11.3 Å². The first-order valence-electron chi connectivity index (χ1n) is 6.13. The van der Waals surface area contributed by atoms with Gasteiger partial charge in [0.15, 0.2) is 0 Å². The van der Waals surface area contributed by atoms with Crippen LogP contribution in [-0.2, 0) is 0 Å². The average molecular weight is 261 g/mol. The Hall–Kier alpha value is -3.06. The van der Waals surface area contributed by atoms with Crippen LogP contribution in [0.15, 0.2) is 59.4 Å². The van der Waals surface area contributed by atoms with Crippen LogP contribution in [0.3, 0.4) is 0 Å². The molecule has 0 unspecified atom stereocenters. The fourth-order valence-electron chi connectivity index (χ4n) is 2.31. The zero-order chi connectivity index (χ0) is 14.1. The van der Waals surface area contributed by atoms with Gasteiger partial charge in [-0.2, -0.15) is 5.26 Å². The minimum Gasteiger partial charge on any atom is -0.397 e. The molecule has 0 saturated carbocycles. The van der Waals surface area contributed by atoms with Gasteiger partial charge in [0, 0.05) is 11.1 Å². The van der Waals surface area contributed by atoms with Crippen LogP contribution in [0.25, 0.3) is 16.6 Å². The van der Waals surface area contributed by atoms with Gasteiger partial charge in [0.1, 0.15) is 11.6 Å². The molecule has 0 bridgehead atoms. The van der Waals surface area contributed by atoms with Crippen molar-refractivity contribution >= 4 is 16.6 Å².